The molecule has 0 bridgehead atoms. The molecule has 14 heteroatoms. The van der Waals surface area contributed by atoms with Crippen LogP contribution in [0.4, 0.5) is 0 Å². The molecule has 0 unspecified atom stereocenters. The third-order valence-corrected chi connectivity index (χ3v) is 0. The van der Waals surface area contributed by atoms with E-state index in [2.05, 4.69) is 0 Å². The van der Waals surface area contributed by atoms with E-state index in [1.807, 2.05) is 0 Å². The second-order valence-electron chi connectivity index (χ2n) is 0.750. The molecule has 0 saturated heterocycles. The molecular weight excluding hydrogens is 718 g/mol. The maximum absolute atomic E-state index is 8.61. The monoisotopic (exact) mass is 718 g/mol. The van der Waals surface area contributed by atoms with Crippen LogP contribution in [0, 0.1) is 80.8 Å². The van der Waals surface area contributed by atoms with Crippen LogP contribution in [-0.4, -0.2) is 0 Å². The van der Waals surface area contributed by atoms with Crippen molar-refractivity contribution in [2.45, 2.75) is 0 Å². The normalized spacial score (nSPS) is 5.57. The molecule has 0 aromatic rings. The maximum atomic E-state index is 8.61. The van der Waals surface area contributed by atoms with Crippen LogP contribution in [0.25, 0.3) is 0 Å². The largest absolute Gasteiger partial charge is 3.00 e. The average Bonchev–Trinajstić information content (AvgIpc) is 1.54. The molecule has 0 spiro atoms. The molecule has 0 heterocycles. The number of hydrogen-bond donors (Lipinski definition) is 0. The van der Waals surface area contributed by atoms with E-state index in [4.69, 9.17) is 27.5 Å². The molecular formula is O9Sm2Zr3. The zero-order valence-electron chi connectivity index (χ0n) is 5.99. The molecule has 0 N–H and O–H groups in total. The van der Waals surface area contributed by atoms with Gasteiger partial charge in [0.05, 0.1) is 0 Å². The van der Waals surface area contributed by atoms with E-state index in [1.54, 1.807) is 0 Å². The van der Waals surface area contributed by atoms with Gasteiger partial charge >= 0.3 is 176 Å². The van der Waals surface area contributed by atoms with E-state index in [9.17, 15) is 0 Å². The third kappa shape index (κ3) is 197. The van der Waals surface area contributed by atoms with E-state index in [0.29, 0.717) is 0 Å². The minimum Gasteiger partial charge on any atom is 3.00 e. The van der Waals surface area contributed by atoms with Crippen molar-refractivity contribution in [2.24, 2.45) is 0 Å². The summed E-state index contributed by atoms with van der Waals surface area (Å²) in [4.78, 5) is 0. The predicted octanol–water partition coefficient (Wildman–Crippen LogP) is -7.50. The molecule has 0 aliphatic rings. The molecule has 0 atom stereocenters. The van der Waals surface area contributed by atoms with Gasteiger partial charge in [0.2, 0.25) is 0 Å². The fourth-order valence-corrected chi connectivity index (χ4v) is 0. The first-order valence-corrected chi connectivity index (χ1v) is 10.9. The maximum Gasteiger partial charge on any atom is 3.00 e. The third-order valence-electron chi connectivity index (χ3n) is 0. The summed E-state index contributed by atoms with van der Waals surface area (Å²) in [5.74, 6) is 0. The van der Waals surface area contributed by atoms with Gasteiger partial charge in [0.1, 0.15) is 0 Å². The van der Waals surface area contributed by atoms with Crippen molar-refractivity contribution < 1.29 is 176 Å². The van der Waals surface area contributed by atoms with E-state index < -0.39 is 67.9 Å². The van der Waals surface area contributed by atoms with Gasteiger partial charge in [0, 0.05) is 0 Å². The Hall–Kier alpha value is 4.48. The van der Waals surface area contributed by atoms with Gasteiger partial charge in [-0.2, -0.15) is 0 Å². The van der Waals surface area contributed by atoms with Crippen LogP contribution in [0.2, 0.25) is 0 Å². The first kappa shape index (κ1) is 31.1. The quantitative estimate of drug-likeness (QED) is 0.234. The van der Waals surface area contributed by atoms with Crippen molar-refractivity contribution in [1.82, 2.24) is 0 Å². The van der Waals surface area contributed by atoms with E-state index in [0.717, 1.165) is 0 Å². The molecule has 0 fully saturated rings. The van der Waals surface area contributed by atoms with Crippen molar-refractivity contribution >= 4 is 0 Å². The number of rotatable bonds is 0. The summed E-state index contributed by atoms with van der Waals surface area (Å²) in [7, 11) is 0. The van der Waals surface area contributed by atoms with E-state index >= 15 is 0 Å². The molecule has 0 aliphatic carbocycles. The fourth-order valence-electron chi connectivity index (χ4n) is 0. The summed E-state index contributed by atoms with van der Waals surface area (Å²) < 4.78 is 77.5. The van der Waals surface area contributed by atoms with Gasteiger partial charge in [-0.1, -0.05) is 0 Å². The van der Waals surface area contributed by atoms with Gasteiger partial charge in [-0.25, -0.2) is 0 Å². The van der Waals surface area contributed by atoms with Gasteiger partial charge in [0.15, 0.2) is 0 Å². The summed E-state index contributed by atoms with van der Waals surface area (Å²) in [6.45, 7) is 0. The molecule has 0 amide bonds. The van der Waals surface area contributed by atoms with Gasteiger partial charge in [-0.05, 0) is 0 Å². The molecule has 0 aromatic heterocycles. The second-order valence-corrected chi connectivity index (χ2v) is 4.44. The average molecular weight is 718 g/mol. The van der Waals surface area contributed by atoms with Crippen LogP contribution in [0.5, 0.6) is 0 Å². The standard InChI is InChI=1S/9O.2Sm.3Zr/q;;;6*-1;2*+3;;;. The van der Waals surface area contributed by atoms with Crippen LogP contribution >= 0.6 is 0 Å². The first-order valence-electron chi connectivity index (χ1n) is 1.84. The first-order chi connectivity index (χ1) is 5.20. The topological polar surface area (TPSA) is 190 Å². The van der Waals surface area contributed by atoms with Gasteiger partial charge in [0.25, 0.3) is 0 Å². The van der Waals surface area contributed by atoms with Crippen LogP contribution in [0.3, 0.4) is 0 Å². The van der Waals surface area contributed by atoms with E-state index in [1.165, 1.54) is 0 Å². The van der Waals surface area contributed by atoms with E-state index in [-0.39, 0.29) is 80.8 Å². The van der Waals surface area contributed by atoms with Crippen molar-refractivity contribution in [3.63, 3.8) is 0 Å². The summed E-state index contributed by atoms with van der Waals surface area (Å²) in [6, 6.07) is 0. The van der Waals surface area contributed by atoms with Gasteiger partial charge in [-0.15, -0.1) is 0 Å². The van der Waals surface area contributed by atoms with Gasteiger partial charge in [-0.3, -0.25) is 0 Å². The van der Waals surface area contributed by atoms with Crippen LogP contribution in [0.15, 0.2) is 0 Å². The van der Waals surface area contributed by atoms with Crippen molar-refractivity contribution in [3.05, 3.63) is 0 Å². The molecule has 0 aliphatic heterocycles. The molecule has 0 saturated carbocycles. The Balaban J connectivity index is -0.0000000270. The van der Waals surface area contributed by atoms with Crippen LogP contribution in [-0.2, 0) is 76.3 Å². The SMILES string of the molecule is [O]=[Zr]([O-])[O-].[O]=[Zr]([O-])[O-].[O]=[Zr]([O-])[O-].[Sm+3].[Sm+3]. The Labute approximate surface area is 171 Å². The summed E-state index contributed by atoms with van der Waals surface area (Å²) in [5, 5.41) is 0. The zero-order valence-corrected chi connectivity index (χ0v) is 18.6. The van der Waals surface area contributed by atoms with Crippen molar-refractivity contribution in [1.29, 1.82) is 0 Å². The Bertz CT molecular complexity index is 116. The minimum atomic E-state index is -4.29. The minimum absolute atomic E-state index is 0. The summed E-state index contributed by atoms with van der Waals surface area (Å²) in [5.41, 5.74) is 0. The van der Waals surface area contributed by atoms with Crippen LogP contribution < -0.4 is 19.1 Å². The zero-order chi connectivity index (χ0) is 10.7. The Morgan fingerprint density at radius 3 is 0.500 bits per heavy atom. The molecule has 14 heavy (non-hydrogen) atoms. The van der Waals surface area contributed by atoms with Gasteiger partial charge < -0.3 is 0 Å². The van der Waals surface area contributed by atoms with Crippen LogP contribution in [0.1, 0.15) is 0 Å². The number of hydrogen-bond acceptors (Lipinski definition) is 9. The molecule has 78 valence electrons. The molecule has 2 radical (unpaired) electrons. The second kappa shape index (κ2) is 26.1. The van der Waals surface area contributed by atoms with Crippen molar-refractivity contribution in [2.75, 3.05) is 0 Å². The smallest absolute Gasteiger partial charge is 3.00 e. The molecule has 0 aromatic carbocycles. The summed E-state index contributed by atoms with van der Waals surface area (Å²) >= 11 is -12.9. The molecule has 0 rings (SSSR count). The fraction of sp³-hybridized carbons (Fsp3) is 0. The predicted molar refractivity (Wildman–Crippen MR) is 2.06 cm³/mol. The van der Waals surface area contributed by atoms with Crippen molar-refractivity contribution in [3.8, 4) is 0 Å². The Morgan fingerprint density at radius 1 is 0.500 bits per heavy atom. The summed E-state index contributed by atoms with van der Waals surface area (Å²) in [6.07, 6.45) is 0. The molecule has 9 nitrogen and oxygen atoms in total. The Morgan fingerprint density at radius 2 is 0.500 bits per heavy atom. The Kier molecular flexibility index (Phi) is 58.0.